The van der Waals surface area contributed by atoms with Crippen LogP contribution in [0, 0.1) is 0 Å². The zero-order chi connectivity index (χ0) is 11.0. The largest absolute Gasteiger partial charge is 0.378 e. The minimum atomic E-state index is 0.363. The molecule has 0 aliphatic carbocycles. The molecule has 0 spiro atoms. The molecule has 0 aromatic carbocycles. The van der Waals surface area contributed by atoms with Crippen molar-refractivity contribution in [3.05, 3.63) is 5.15 Å². The summed E-state index contributed by atoms with van der Waals surface area (Å²) in [5, 5.41) is 12.4. The third-order valence-electron chi connectivity index (χ3n) is 2.34. The van der Waals surface area contributed by atoms with Gasteiger partial charge in [-0.3, -0.25) is 0 Å². The van der Waals surface area contributed by atoms with Crippen LogP contribution < -0.4 is 4.90 Å². The molecular formula is C8H8ClN5OS. The summed E-state index contributed by atoms with van der Waals surface area (Å²) in [6.07, 6.45) is 0. The third-order valence-corrected chi connectivity index (χ3v) is 3.83. The summed E-state index contributed by atoms with van der Waals surface area (Å²) in [5.41, 5.74) is 0.562. The maximum Gasteiger partial charge on any atom is 0.199 e. The number of rotatable bonds is 1. The molecule has 0 unspecified atom stereocenters. The Hall–Kier alpha value is -1.05. The summed E-state index contributed by atoms with van der Waals surface area (Å²) >= 11 is 7.42. The lowest BCUT2D eigenvalue weighted by Gasteiger charge is -2.25. The second-order valence-corrected chi connectivity index (χ2v) is 4.66. The fourth-order valence-electron chi connectivity index (χ4n) is 1.54. The second kappa shape index (κ2) is 4.08. The molecule has 1 fully saturated rings. The van der Waals surface area contributed by atoms with Crippen molar-refractivity contribution < 1.29 is 4.74 Å². The van der Waals surface area contributed by atoms with Crippen molar-refractivity contribution in [2.24, 2.45) is 0 Å². The Morgan fingerprint density at radius 1 is 1.25 bits per heavy atom. The zero-order valence-corrected chi connectivity index (χ0v) is 9.83. The Morgan fingerprint density at radius 3 is 2.81 bits per heavy atom. The van der Waals surface area contributed by atoms with Crippen LogP contribution in [0.4, 0.5) is 5.13 Å². The van der Waals surface area contributed by atoms with E-state index in [2.05, 4.69) is 25.3 Å². The van der Waals surface area contributed by atoms with Gasteiger partial charge in [-0.05, 0) is 5.21 Å². The minimum absolute atomic E-state index is 0.363. The number of morpholine rings is 1. The molecule has 0 N–H and O–H groups in total. The molecular weight excluding hydrogens is 250 g/mol. The number of fused-ring (bicyclic) bond motifs is 1. The summed E-state index contributed by atoms with van der Waals surface area (Å²) in [4.78, 5) is 6.55. The Kier molecular flexibility index (Phi) is 2.58. The molecule has 0 amide bonds. The van der Waals surface area contributed by atoms with Gasteiger partial charge >= 0.3 is 0 Å². The highest BCUT2D eigenvalue weighted by Crippen LogP contribution is 2.31. The molecule has 16 heavy (non-hydrogen) atoms. The normalized spacial score (nSPS) is 16.9. The molecule has 8 heteroatoms. The first-order chi connectivity index (χ1) is 7.84. The van der Waals surface area contributed by atoms with Crippen molar-refractivity contribution in [1.82, 2.24) is 20.4 Å². The minimum Gasteiger partial charge on any atom is -0.378 e. The van der Waals surface area contributed by atoms with Crippen LogP contribution in [0.1, 0.15) is 0 Å². The Labute approximate surface area is 100 Å². The number of nitrogens with zero attached hydrogens (tertiary/aromatic N) is 5. The highest BCUT2D eigenvalue weighted by molar-refractivity contribution is 7.22. The van der Waals surface area contributed by atoms with Crippen LogP contribution in [-0.2, 0) is 4.74 Å². The van der Waals surface area contributed by atoms with E-state index in [1.54, 1.807) is 0 Å². The maximum absolute atomic E-state index is 5.92. The predicted octanol–water partition coefficient (Wildman–Crippen LogP) is 0.971. The van der Waals surface area contributed by atoms with Gasteiger partial charge in [0.2, 0.25) is 0 Å². The van der Waals surface area contributed by atoms with Crippen LogP contribution in [0.3, 0.4) is 0 Å². The first-order valence-corrected chi connectivity index (χ1v) is 6.02. The van der Waals surface area contributed by atoms with Crippen LogP contribution in [-0.4, -0.2) is 46.7 Å². The van der Waals surface area contributed by atoms with Crippen molar-refractivity contribution in [3.63, 3.8) is 0 Å². The smallest absolute Gasteiger partial charge is 0.199 e. The Balaban J connectivity index is 2.01. The number of ether oxygens (including phenoxy) is 1. The number of anilines is 1. The lowest BCUT2D eigenvalue weighted by molar-refractivity contribution is 0.122. The van der Waals surface area contributed by atoms with Gasteiger partial charge in [-0.25, -0.2) is 0 Å². The number of aromatic nitrogens is 4. The lowest BCUT2D eigenvalue weighted by atomic mass is 10.5. The first-order valence-electron chi connectivity index (χ1n) is 4.83. The van der Waals surface area contributed by atoms with E-state index in [0.29, 0.717) is 10.8 Å². The summed E-state index contributed by atoms with van der Waals surface area (Å²) < 4.78 is 6.08. The summed E-state index contributed by atoms with van der Waals surface area (Å²) in [5.74, 6) is 0. The third kappa shape index (κ3) is 1.70. The average Bonchev–Trinajstić information content (AvgIpc) is 2.76. The predicted molar refractivity (Wildman–Crippen MR) is 61.0 cm³/mol. The fraction of sp³-hybridized carbons (Fsp3) is 0.500. The molecule has 6 nitrogen and oxygen atoms in total. The number of hydrogen-bond acceptors (Lipinski definition) is 7. The van der Waals surface area contributed by atoms with Gasteiger partial charge in [0.1, 0.15) is 4.70 Å². The van der Waals surface area contributed by atoms with Crippen LogP contribution in [0.5, 0.6) is 0 Å². The van der Waals surface area contributed by atoms with Crippen molar-refractivity contribution in [3.8, 4) is 0 Å². The van der Waals surface area contributed by atoms with E-state index < -0.39 is 0 Å². The van der Waals surface area contributed by atoms with Crippen molar-refractivity contribution >= 4 is 38.4 Å². The van der Waals surface area contributed by atoms with Gasteiger partial charge in [-0.15, -0.1) is 10.2 Å². The standard InChI is InChI=1S/C8H8ClN5OS/c9-6-5-7(12-13-11-6)10-8(16-5)14-1-3-15-4-2-14/h1-4H2. The summed E-state index contributed by atoms with van der Waals surface area (Å²) in [6.45, 7) is 3.15. The Morgan fingerprint density at radius 2 is 2.06 bits per heavy atom. The number of hydrogen-bond donors (Lipinski definition) is 0. The zero-order valence-electron chi connectivity index (χ0n) is 8.26. The molecule has 2 aromatic rings. The van der Waals surface area contributed by atoms with Gasteiger partial charge in [0.05, 0.1) is 13.2 Å². The molecule has 3 heterocycles. The molecule has 84 valence electrons. The molecule has 0 radical (unpaired) electrons. The Bertz CT molecular complexity index is 512. The van der Waals surface area contributed by atoms with Gasteiger partial charge in [-0.1, -0.05) is 22.9 Å². The highest BCUT2D eigenvalue weighted by Gasteiger charge is 2.17. The van der Waals surface area contributed by atoms with Crippen molar-refractivity contribution in [1.29, 1.82) is 0 Å². The summed E-state index contributed by atoms with van der Waals surface area (Å²) in [7, 11) is 0. The van der Waals surface area contributed by atoms with E-state index in [-0.39, 0.29) is 0 Å². The lowest BCUT2D eigenvalue weighted by Crippen LogP contribution is -2.36. The van der Waals surface area contributed by atoms with Crippen LogP contribution in [0.2, 0.25) is 5.15 Å². The molecule has 1 aliphatic heterocycles. The second-order valence-electron chi connectivity index (χ2n) is 3.33. The highest BCUT2D eigenvalue weighted by atomic mass is 35.5. The molecule has 0 bridgehead atoms. The fourth-order valence-corrected chi connectivity index (χ4v) is 2.71. The molecule has 0 atom stereocenters. The monoisotopic (exact) mass is 257 g/mol. The van der Waals surface area contributed by atoms with Gasteiger partial charge < -0.3 is 9.64 Å². The van der Waals surface area contributed by atoms with Crippen molar-refractivity contribution in [2.45, 2.75) is 0 Å². The van der Waals surface area contributed by atoms with Crippen molar-refractivity contribution in [2.75, 3.05) is 31.2 Å². The molecule has 3 rings (SSSR count). The SMILES string of the molecule is Clc1nnnc2nc(N3CCOCC3)sc12. The van der Waals surface area contributed by atoms with E-state index in [1.807, 2.05) is 0 Å². The molecule has 1 saturated heterocycles. The maximum atomic E-state index is 5.92. The topological polar surface area (TPSA) is 64.0 Å². The van der Waals surface area contributed by atoms with E-state index in [1.165, 1.54) is 11.3 Å². The van der Waals surface area contributed by atoms with Crippen LogP contribution in [0.15, 0.2) is 0 Å². The molecule has 0 saturated carbocycles. The van der Waals surface area contributed by atoms with Crippen LogP contribution >= 0.6 is 22.9 Å². The van der Waals surface area contributed by atoms with E-state index in [4.69, 9.17) is 16.3 Å². The molecule has 1 aliphatic rings. The first kappa shape index (κ1) is 10.1. The van der Waals surface area contributed by atoms with Gasteiger partial charge in [0.25, 0.3) is 0 Å². The molecule has 2 aromatic heterocycles. The summed E-state index contributed by atoms with van der Waals surface area (Å²) in [6, 6.07) is 0. The number of thiazole rings is 1. The van der Waals surface area contributed by atoms with Gasteiger partial charge in [0, 0.05) is 13.1 Å². The average molecular weight is 258 g/mol. The van der Waals surface area contributed by atoms with E-state index >= 15 is 0 Å². The van der Waals surface area contributed by atoms with Gasteiger partial charge in [0.15, 0.2) is 15.9 Å². The van der Waals surface area contributed by atoms with E-state index in [9.17, 15) is 0 Å². The van der Waals surface area contributed by atoms with E-state index in [0.717, 1.165) is 36.1 Å². The van der Waals surface area contributed by atoms with Crippen LogP contribution in [0.25, 0.3) is 10.3 Å². The van der Waals surface area contributed by atoms with Gasteiger partial charge in [-0.2, -0.15) is 4.98 Å². The quantitative estimate of drug-likeness (QED) is 0.759. The number of halogens is 1.